The molecule has 0 saturated carbocycles. The van der Waals surface area contributed by atoms with Crippen LogP contribution in [0.4, 0.5) is 23.7 Å². The highest BCUT2D eigenvalue weighted by Crippen LogP contribution is 2.34. The van der Waals surface area contributed by atoms with E-state index in [9.17, 15) is 22.8 Å². The molecule has 1 aromatic heterocycles. The largest absolute Gasteiger partial charge is 0.435 e. The van der Waals surface area contributed by atoms with Gasteiger partial charge in [0.25, 0.3) is 5.91 Å². The second-order valence-corrected chi connectivity index (χ2v) is 6.61. The Hall–Kier alpha value is -2.04. The highest BCUT2D eigenvalue weighted by molar-refractivity contribution is 7.13. The molecule has 0 bridgehead atoms. The number of hydrazine groups is 1. The van der Waals surface area contributed by atoms with Gasteiger partial charge in [0, 0.05) is 5.02 Å². The van der Waals surface area contributed by atoms with Crippen LogP contribution in [0.5, 0.6) is 0 Å². The Labute approximate surface area is 153 Å². The van der Waals surface area contributed by atoms with Gasteiger partial charge in [-0.2, -0.15) is 13.2 Å². The van der Waals surface area contributed by atoms with Crippen LogP contribution in [0.1, 0.15) is 20.4 Å². The van der Waals surface area contributed by atoms with E-state index in [0.29, 0.717) is 16.4 Å². The zero-order chi connectivity index (χ0) is 18.8. The summed E-state index contributed by atoms with van der Waals surface area (Å²) in [7, 11) is 0. The number of nitrogens with zero attached hydrogens (tertiary/aromatic N) is 1. The summed E-state index contributed by atoms with van der Waals surface area (Å²) in [4.78, 5) is 26.1. The van der Waals surface area contributed by atoms with Crippen LogP contribution in [0.15, 0.2) is 18.2 Å². The average Bonchev–Trinajstić information content (AvgIpc) is 2.88. The van der Waals surface area contributed by atoms with Crippen LogP contribution in [0.2, 0.25) is 10.0 Å². The molecule has 2 rings (SSSR count). The van der Waals surface area contributed by atoms with Crippen molar-refractivity contribution in [1.82, 2.24) is 15.7 Å². The number of halogens is 5. The van der Waals surface area contributed by atoms with Crippen molar-refractivity contribution >= 4 is 52.2 Å². The molecule has 2 aromatic rings. The lowest BCUT2D eigenvalue weighted by Crippen LogP contribution is -2.42. The van der Waals surface area contributed by atoms with E-state index in [1.54, 1.807) is 5.32 Å². The molecule has 0 unspecified atom stereocenters. The number of urea groups is 1. The molecular weight excluding hydrogens is 404 g/mol. The molecule has 3 N–H and O–H groups in total. The first kappa shape index (κ1) is 19.3. The first-order valence-corrected chi connectivity index (χ1v) is 8.02. The van der Waals surface area contributed by atoms with Crippen molar-refractivity contribution in [3.8, 4) is 0 Å². The summed E-state index contributed by atoms with van der Waals surface area (Å²) in [6.07, 6.45) is -4.80. The minimum atomic E-state index is -4.80. The third-order valence-electron chi connectivity index (χ3n) is 2.68. The molecule has 1 heterocycles. The fraction of sp³-hybridized carbons (Fsp3) is 0.154. The molecule has 12 heteroatoms. The minimum Gasteiger partial charge on any atom is -0.296 e. The van der Waals surface area contributed by atoms with Crippen molar-refractivity contribution in [2.45, 2.75) is 13.1 Å². The highest BCUT2D eigenvalue weighted by Gasteiger charge is 2.39. The second-order valence-electron chi connectivity index (χ2n) is 4.57. The topological polar surface area (TPSA) is 83.1 Å². The van der Waals surface area contributed by atoms with Gasteiger partial charge in [0.2, 0.25) is 0 Å². The molecule has 25 heavy (non-hydrogen) atoms. The highest BCUT2D eigenvalue weighted by atomic mass is 35.5. The number of rotatable bonds is 3. The molecule has 0 atom stereocenters. The van der Waals surface area contributed by atoms with Crippen molar-refractivity contribution < 1.29 is 22.8 Å². The quantitative estimate of drug-likeness (QED) is 0.658. The van der Waals surface area contributed by atoms with Crippen molar-refractivity contribution in [1.29, 1.82) is 0 Å². The molecule has 0 radical (unpaired) electrons. The Kier molecular flexibility index (Phi) is 5.76. The monoisotopic (exact) mass is 412 g/mol. The Morgan fingerprint density at radius 2 is 1.92 bits per heavy atom. The van der Waals surface area contributed by atoms with Gasteiger partial charge in [0.1, 0.15) is 4.88 Å². The Balaban J connectivity index is 2.02. The molecule has 134 valence electrons. The molecule has 0 saturated heterocycles. The molecule has 1 aromatic carbocycles. The number of aryl methyl sites for hydroxylation is 1. The van der Waals surface area contributed by atoms with Gasteiger partial charge >= 0.3 is 12.2 Å². The van der Waals surface area contributed by atoms with Crippen molar-refractivity contribution in [3.05, 3.63) is 43.8 Å². The first-order valence-electron chi connectivity index (χ1n) is 6.45. The van der Waals surface area contributed by atoms with Gasteiger partial charge in [0.05, 0.1) is 15.7 Å². The van der Waals surface area contributed by atoms with E-state index in [2.05, 4.69) is 15.8 Å². The maximum absolute atomic E-state index is 12.8. The lowest BCUT2D eigenvalue weighted by molar-refractivity contribution is -0.141. The average molecular weight is 413 g/mol. The molecule has 6 nitrogen and oxygen atoms in total. The number of thiazole rings is 1. The van der Waals surface area contributed by atoms with Crippen LogP contribution in [0.3, 0.4) is 0 Å². The van der Waals surface area contributed by atoms with E-state index >= 15 is 0 Å². The summed E-state index contributed by atoms with van der Waals surface area (Å²) >= 11 is 12.1. The van der Waals surface area contributed by atoms with Crippen LogP contribution < -0.4 is 16.2 Å². The van der Waals surface area contributed by atoms with Crippen LogP contribution >= 0.6 is 34.5 Å². The maximum atomic E-state index is 12.8. The Morgan fingerprint density at radius 3 is 2.52 bits per heavy atom. The number of benzene rings is 1. The first-order chi connectivity index (χ1) is 11.6. The zero-order valence-corrected chi connectivity index (χ0v) is 14.6. The van der Waals surface area contributed by atoms with Crippen molar-refractivity contribution in [3.63, 3.8) is 0 Å². The summed E-state index contributed by atoms with van der Waals surface area (Å²) in [5, 5.41) is 2.38. The van der Waals surface area contributed by atoms with Crippen LogP contribution in [0.25, 0.3) is 0 Å². The lowest BCUT2D eigenvalue weighted by Gasteiger charge is -2.11. The molecule has 0 aliphatic carbocycles. The predicted molar refractivity (Wildman–Crippen MR) is 87.9 cm³/mol. The molecule has 0 fully saturated rings. The molecule has 0 aliphatic heterocycles. The predicted octanol–water partition coefficient (Wildman–Crippen LogP) is 4.24. The number of hydrogen-bond acceptors (Lipinski definition) is 5. The summed E-state index contributed by atoms with van der Waals surface area (Å²) in [6, 6.07) is 3.29. The molecular formula is C13H9Cl2F3N4O2S. The number of carbonyl (C=O) groups is 2. The van der Waals surface area contributed by atoms with Gasteiger partial charge in [-0.05, 0) is 25.1 Å². The Bertz CT molecular complexity index is 826. The van der Waals surface area contributed by atoms with Crippen LogP contribution in [0, 0.1) is 6.92 Å². The third kappa shape index (κ3) is 4.97. The lowest BCUT2D eigenvalue weighted by atomic mass is 10.3. The zero-order valence-electron chi connectivity index (χ0n) is 12.3. The van der Waals surface area contributed by atoms with E-state index in [4.69, 9.17) is 23.2 Å². The van der Waals surface area contributed by atoms with Gasteiger partial charge in [-0.25, -0.2) is 9.78 Å². The number of aromatic nitrogens is 1. The minimum absolute atomic E-state index is 0.0453. The number of imide groups is 1. The smallest absolute Gasteiger partial charge is 0.296 e. The summed E-state index contributed by atoms with van der Waals surface area (Å²) in [5.41, 5.74) is 3.42. The number of anilines is 1. The normalized spacial score (nSPS) is 11.1. The molecule has 3 amide bonds. The number of nitrogens with one attached hydrogen (secondary N) is 3. The van der Waals surface area contributed by atoms with E-state index in [0.717, 1.165) is 0 Å². The summed E-state index contributed by atoms with van der Waals surface area (Å²) in [6.45, 7) is 1.32. The third-order valence-corrected chi connectivity index (χ3v) is 4.20. The number of alkyl halides is 3. The van der Waals surface area contributed by atoms with Crippen LogP contribution in [-0.2, 0) is 6.18 Å². The van der Waals surface area contributed by atoms with Crippen molar-refractivity contribution in [2.75, 3.05) is 5.43 Å². The Morgan fingerprint density at radius 1 is 1.24 bits per heavy atom. The number of carbonyl (C=O) groups excluding carboxylic acids is 2. The number of amides is 3. The maximum Gasteiger partial charge on any atom is 0.435 e. The van der Waals surface area contributed by atoms with Gasteiger partial charge in [0.15, 0.2) is 5.69 Å². The number of hydrogen-bond donors (Lipinski definition) is 3. The van der Waals surface area contributed by atoms with E-state index in [1.807, 2.05) is 0 Å². The fourth-order valence-electron chi connectivity index (χ4n) is 1.68. The molecule has 0 spiro atoms. The van der Waals surface area contributed by atoms with Crippen molar-refractivity contribution in [2.24, 2.45) is 0 Å². The van der Waals surface area contributed by atoms with Gasteiger partial charge in [-0.15, -0.1) is 11.3 Å². The van der Waals surface area contributed by atoms with Gasteiger partial charge in [-0.3, -0.25) is 21.0 Å². The van der Waals surface area contributed by atoms with E-state index in [-0.39, 0.29) is 15.7 Å². The molecule has 0 aliphatic rings. The fourth-order valence-corrected chi connectivity index (χ4v) is 2.97. The van der Waals surface area contributed by atoms with Gasteiger partial charge in [-0.1, -0.05) is 23.2 Å². The standard InChI is InChI=1S/C13H9Cl2F3N4O2S/c1-5-19-10(13(16,17)18)9(25-5)11(23)20-12(24)22-21-8-3-2-6(14)4-7(8)15/h2-4,21H,1H3,(H2,20,22,23,24). The second kappa shape index (κ2) is 7.46. The SMILES string of the molecule is Cc1nc(C(F)(F)F)c(C(=O)NC(=O)NNc2ccc(Cl)cc2Cl)s1. The van der Waals surface area contributed by atoms with Gasteiger partial charge < -0.3 is 0 Å². The summed E-state index contributed by atoms with van der Waals surface area (Å²) in [5.74, 6) is -1.22. The van der Waals surface area contributed by atoms with E-state index in [1.165, 1.54) is 25.1 Å². The van der Waals surface area contributed by atoms with E-state index < -0.39 is 28.7 Å². The summed E-state index contributed by atoms with van der Waals surface area (Å²) < 4.78 is 38.5. The van der Waals surface area contributed by atoms with Crippen LogP contribution in [-0.4, -0.2) is 16.9 Å².